The first kappa shape index (κ1) is 18.6. The number of urea groups is 1. The van der Waals surface area contributed by atoms with Crippen LogP contribution in [-0.2, 0) is 13.0 Å². The molecule has 0 saturated heterocycles. The second kappa shape index (κ2) is 8.96. The summed E-state index contributed by atoms with van der Waals surface area (Å²) in [5.74, 6) is -0.230. The molecule has 0 heterocycles. The van der Waals surface area contributed by atoms with Gasteiger partial charge in [-0.25, -0.2) is 9.18 Å². The molecule has 0 aliphatic rings. The Labute approximate surface area is 144 Å². The second-order valence-electron chi connectivity index (χ2n) is 5.45. The van der Waals surface area contributed by atoms with Gasteiger partial charge in [-0.05, 0) is 35.7 Å². The van der Waals surface area contributed by atoms with Crippen LogP contribution in [0.25, 0.3) is 0 Å². The van der Waals surface area contributed by atoms with Gasteiger partial charge in [0, 0.05) is 20.1 Å². The molecule has 25 heavy (non-hydrogen) atoms. The number of ether oxygens (including phenoxy) is 1. The van der Waals surface area contributed by atoms with Crippen molar-refractivity contribution in [2.75, 3.05) is 13.6 Å². The molecule has 0 spiro atoms. The lowest BCUT2D eigenvalue weighted by molar-refractivity contribution is -0.0498. The van der Waals surface area contributed by atoms with Crippen molar-refractivity contribution >= 4 is 6.03 Å². The van der Waals surface area contributed by atoms with Gasteiger partial charge in [-0.1, -0.05) is 30.3 Å². The molecule has 0 unspecified atom stereocenters. The van der Waals surface area contributed by atoms with Crippen LogP contribution in [0.1, 0.15) is 11.1 Å². The van der Waals surface area contributed by atoms with Crippen molar-refractivity contribution in [2.24, 2.45) is 0 Å². The molecular weight excluding hydrogens is 333 g/mol. The number of nitrogens with one attached hydrogen (secondary N) is 1. The standard InChI is InChI=1S/C18H19F3N2O2/c1-23(12-13-6-8-15(9-7-13)25-17(20)21)18(24)22-11-10-14-4-2-3-5-16(14)19/h2-9,17H,10-12H2,1H3,(H,22,24). The van der Waals surface area contributed by atoms with Gasteiger partial charge in [-0.3, -0.25) is 0 Å². The summed E-state index contributed by atoms with van der Waals surface area (Å²) in [4.78, 5) is 13.5. The van der Waals surface area contributed by atoms with E-state index in [0.29, 0.717) is 25.1 Å². The Morgan fingerprint density at radius 3 is 2.48 bits per heavy atom. The molecule has 134 valence electrons. The Morgan fingerprint density at radius 1 is 1.16 bits per heavy atom. The number of hydrogen-bond donors (Lipinski definition) is 1. The maximum absolute atomic E-state index is 13.5. The third kappa shape index (κ3) is 6.02. The first-order valence-electron chi connectivity index (χ1n) is 7.72. The molecule has 0 saturated carbocycles. The van der Waals surface area contributed by atoms with E-state index in [-0.39, 0.29) is 17.6 Å². The van der Waals surface area contributed by atoms with Gasteiger partial charge in [0.25, 0.3) is 0 Å². The van der Waals surface area contributed by atoms with Crippen LogP contribution >= 0.6 is 0 Å². The van der Waals surface area contributed by atoms with E-state index >= 15 is 0 Å². The zero-order valence-electron chi connectivity index (χ0n) is 13.7. The highest BCUT2D eigenvalue weighted by Gasteiger charge is 2.10. The van der Waals surface area contributed by atoms with Gasteiger partial charge in [-0.2, -0.15) is 8.78 Å². The number of carbonyl (C=O) groups excluding carboxylic acids is 1. The van der Waals surface area contributed by atoms with Gasteiger partial charge in [0.05, 0.1) is 0 Å². The highest BCUT2D eigenvalue weighted by molar-refractivity contribution is 5.73. The molecule has 7 heteroatoms. The summed E-state index contributed by atoms with van der Waals surface area (Å²) in [7, 11) is 1.61. The van der Waals surface area contributed by atoms with Crippen molar-refractivity contribution < 1.29 is 22.7 Å². The van der Waals surface area contributed by atoms with Crippen molar-refractivity contribution in [3.8, 4) is 5.75 Å². The van der Waals surface area contributed by atoms with Crippen molar-refractivity contribution in [1.29, 1.82) is 0 Å². The summed E-state index contributed by atoms with van der Waals surface area (Å²) >= 11 is 0. The maximum Gasteiger partial charge on any atom is 0.387 e. The Hall–Kier alpha value is -2.70. The fraction of sp³-hybridized carbons (Fsp3) is 0.278. The second-order valence-corrected chi connectivity index (χ2v) is 5.45. The molecular formula is C18H19F3N2O2. The number of amides is 2. The quantitative estimate of drug-likeness (QED) is 0.823. The van der Waals surface area contributed by atoms with Crippen molar-refractivity contribution in [3.05, 3.63) is 65.5 Å². The number of benzene rings is 2. The van der Waals surface area contributed by atoms with Crippen LogP contribution in [0.15, 0.2) is 48.5 Å². The van der Waals surface area contributed by atoms with Crippen LogP contribution in [0.2, 0.25) is 0 Å². The lowest BCUT2D eigenvalue weighted by Gasteiger charge is -2.18. The highest BCUT2D eigenvalue weighted by atomic mass is 19.3. The van der Waals surface area contributed by atoms with Crippen LogP contribution < -0.4 is 10.1 Å². The Bertz CT molecular complexity index is 693. The van der Waals surface area contributed by atoms with Crippen molar-refractivity contribution in [3.63, 3.8) is 0 Å². The van der Waals surface area contributed by atoms with Crippen LogP contribution in [0, 0.1) is 5.82 Å². The summed E-state index contributed by atoms with van der Waals surface area (Å²) in [5.41, 5.74) is 1.31. The predicted octanol–water partition coefficient (Wildman–Crippen LogP) is 3.81. The van der Waals surface area contributed by atoms with E-state index in [2.05, 4.69) is 10.1 Å². The monoisotopic (exact) mass is 352 g/mol. The van der Waals surface area contributed by atoms with E-state index in [9.17, 15) is 18.0 Å². The molecule has 2 aromatic rings. The van der Waals surface area contributed by atoms with Crippen LogP contribution in [0.3, 0.4) is 0 Å². The van der Waals surface area contributed by atoms with E-state index in [1.54, 1.807) is 37.4 Å². The Morgan fingerprint density at radius 2 is 1.84 bits per heavy atom. The lowest BCUT2D eigenvalue weighted by Crippen LogP contribution is -2.37. The fourth-order valence-electron chi connectivity index (χ4n) is 2.26. The molecule has 0 bridgehead atoms. The molecule has 0 fully saturated rings. The molecule has 0 aromatic heterocycles. The SMILES string of the molecule is CN(Cc1ccc(OC(F)F)cc1)C(=O)NCCc1ccccc1F. The highest BCUT2D eigenvalue weighted by Crippen LogP contribution is 2.15. The molecule has 2 amide bonds. The molecule has 0 aliphatic heterocycles. The maximum atomic E-state index is 13.5. The summed E-state index contributed by atoms with van der Waals surface area (Å²) in [5, 5.41) is 2.71. The van der Waals surface area contributed by atoms with E-state index in [4.69, 9.17) is 0 Å². The average Bonchev–Trinajstić information content (AvgIpc) is 2.57. The van der Waals surface area contributed by atoms with Gasteiger partial charge in [0.1, 0.15) is 11.6 Å². The largest absolute Gasteiger partial charge is 0.435 e. The summed E-state index contributed by atoms with van der Waals surface area (Å²) in [6.45, 7) is -2.25. The summed E-state index contributed by atoms with van der Waals surface area (Å²) in [6, 6.07) is 12.2. The Kier molecular flexibility index (Phi) is 6.68. The summed E-state index contributed by atoms with van der Waals surface area (Å²) in [6.07, 6.45) is 0.395. The number of nitrogens with zero attached hydrogens (tertiary/aromatic N) is 1. The summed E-state index contributed by atoms with van der Waals surface area (Å²) < 4.78 is 42.0. The Balaban J connectivity index is 1.79. The van der Waals surface area contributed by atoms with Crippen molar-refractivity contribution in [2.45, 2.75) is 19.6 Å². The van der Waals surface area contributed by atoms with Crippen LogP contribution in [0.4, 0.5) is 18.0 Å². The number of hydrogen-bond acceptors (Lipinski definition) is 2. The lowest BCUT2D eigenvalue weighted by atomic mass is 10.1. The first-order chi connectivity index (χ1) is 12.0. The molecule has 0 radical (unpaired) electrons. The minimum atomic E-state index is -2.87. The van der Waals surface area contributed by atoms with Gasteiger partial charge in [0.2, 0.25) is 0 Å². The number of halogens is 3. The van der Waals surface area contributed by atoms with Crippen LogP contribution in [0.5, 0.6) is 5.75 Å². The van der Waals surface area contributed by atoms with E-state index in [1.807, 2.05) is 0 Å². The van der Waals surface area contributed by atoms with E-state index in [0.717, 1.165) is 5.56 Å². The molecule has 2 aromatic carbocycles. The van der Waals surface area contributed by atoms with Gasteiger partial charge < -0.3 is 15.0 Å². The topological polar surface area (TPSA) is 41.6 Å². The molecule has 2 rings (SSSR count). The third-order valence-electron chi connectivity index (χ3n) is 3.54. The molecule has 1 N–H and O–H groups in total. The number of alkyl halides is 2. The predicted molar refractivity (Wildman–Crippen MR) is 88.0 cm³/mol. The fourth-order valence-corrected chi connectivity index (χ4v) is 2.26. The number of rotatable bonds is 7. The van der Waals surface area contributed by atoms with Gasteiger partial charge in [0.15, 0.2) is 0 Å². The average molecular weight is 352 g/mol. The normalized spacial score (nSPS) is 10.6. The zero-order chi connectivity index (χ0) is 18.2. The van der Waals surface area contributed by atoms with Gasteiger partial charge in [-0.15, -0.1) is 0 Å². The molecule has 4 nitrogen and oxygen atoms in total. The third-order valence-corrected chi connectivity index (χ3v) is 3.54. The number of carbonyl (C=O) groups is 1. The smallest absolute Gasteiger partial charge is 0.387 e. The molecule has 0 atom stereocenters. The minimum absolute atomic E-state index is 0.0655. The van der Waals surface area contributed by atoms with E-state index < -0.39 is 6.61 Å². The minimum Gasteiger partial charge on any atom is -0.435 e. The zero-order valence-corrected chi connectivity index (χ0v) is 13.7. The molecule has 0 aliphatic carbocycles. The first-order valence-corrected chi connectivity index (χ1v) is 7.72. The van der Waals surface area contributed by atoms with Crippen LogP contribution in [-0.4, -0.2) is 31.1 Å². The van der Waals surface area contributed by atoms with Crippen molar-refractivity contribution in [1.82, 2.24) is 10.2 Å². The van der Waals surface area contributed by atoms with E-state index in [1.165, 1.54) is 23.1 Å². The van der Waals surface area contributed by atoms with Gasteiger partial charge >= 0.3 is 12.6 Å².